The van der Waals surface area contributed by atoms with Crippen LogP contribution >= 0.6 is 0 Å². The van der Waals surface area contributed by atoms with Crippen molar-refractivity contribution in [3.8, 4) is 0 Å². The minimum absolute atomic E-state index is 0.292. The molecule has 0 aromatic heterocycles. The maximum Gasteiger partial charge on any atom is 0.0442 e. The van der Waals surface area contributed by atoms with E-state index >= 15 is 0 Å². The topological polar surface area (TPSA) is 40.1 Å². The summed E-state index contributed by atoms with van der Waals surface area (Å²) < 4.78 is 0. The van der Waals surface area contributed by atoms with Gasteiger partial charge < -0.3 is 9.90 Å². The van der Waals surface area contributed by atoms with Gasteiger partial charge in [0.15, 0.2) is 0 Å². The Morgan fingerprint density at radius 2 is 2.29 bits per heavy atom. The first-order valence-electron chi connectivity index (χ1n) is 2.39. The summed E-state index contributed by atoms with van der Waals surface area (Å²) in [6.45, 7) is 3.45. The molecular formula is C5H9O2-. The number of hydrogen-bond acceptors (Lipinski definition) is 2. The third kappa shape index (κ3) is 2.20. The van der Waals surface area contributed by atoms with Gasteiger partial charge in [0.2, 0.25) is 0 Å². The molecule has 0 bridgehead atoms. The number of rotatable bonds is 2. The average Bonchev–Trinajstić information content (AvgIpc) is 1.65. The SMILES string of the molecule is CC[C@@H](C)C(=O)[O-]. The predicted molar refractivity (Wildman–Crippen MR) is 24.5 cm³/mol. The van der Waals surface area contributed by atoms with Crippen molar-refractivity contribution < 1.29 is 9.90 Å². The highest BCUT2D eigenvalue weighted by atomic mass is 16.4. The molecule has 0 aliphatic heterocycles. The summed E-state index contributed by atoms with van der Waals surface area (Å²) in [5.74, 6) is -1.25. The van der Waals surface area contributed by atoms with Crippen molar-refractivity contribution in [2.75, 3.05) is 0 Å². The van der Waals surface area contributed by atoms with Gasteiger partial charge in [0.05, 0.1) is 0 Å². The first-order chi connectivity index (χ1) is 3.18. The maximum absolute atomic E-state index is 9.82. The van der Waals surface area contributed by atoms with Crippen LogP contribution in [0.15, 0.2) is 0 Å². The zero-order valence-corrected chi connectivity index (χ0v) is 4.60. The van der Waals surface area contributed by atoms with E-state index in [1.807, 2.05) is 6.92 Å². The van der Waals surface area contributed by atoms with Crippen LogP contribution in [-0.4, -0.2) is 5.97 Å². The number of carbonyl (C=O) groups is 1. The average molecular weight is 101 g/mol. The third-order valence-corrected chi connectivity index (χ3v) is 1.01. The minimum Gasteiger partial charge on any atom is -0.550 e. The number of hydrogen-bond donors (Lipinski definition) is 0. The standard InChI is InChI=1S/C5H10O2/c1-3-4(2)5(6)7/h4H,3H2,1-2H3,(H,6,7)/p-1/t4-/m1/s1. The van der Waals surface area contributed by atoms with E-state index in [9.17, 15) is 9.90 Å². The first kappa shape index (κ1) is 6.47. The van der Waals surface area contributed by atoms with E-state index in [4.69, 9.17) is 0 Å². The van der Waals surface area contributed by atoms with Crippen LogP contribution in [0.4, 0.5) is 0 Å². The van der Waals surface area contributed by atoms with Crippen LogP contribution in [0.25, 0.3) is 0 Å². The Morgan fingerprint density at radius 1 is 1.86 bits per heavy atom. The van der Waals surface area contributed by atoms with Gasteiger partial charge in [-0.2, -0.15) is 0 Å². The van der Waals surface area contributed by atoms with Gasteiger partial charge in [0, 0.05) is 5.97 Å². The van der Waals surface area contributed by atoms with Gasteiger partial charge >= 0.3 is 0 Å². The van der Waals surface area contributed by atoms with Crippen molar-refractivity contribution in [3.05, 3.63) is 0 Å². The number of aliphatic carboxylic acids is 1. The second-order valence-corrected chi connectivity index (χ2v) is 1.63. The molecule has 0 amide bonds. The lowest BCUT2D eigenvalue weighted by Crippen LogP contribution is -2.28. The molecule has 0 saturated carbocycles. The van der Waals surface area contributed by atoms with Crippen LogP contribution in [-0.2, 0) is 4.79 Å². The number of carboxylic acids is 1. The quantitative estimate of drug-likeness (QED) is 0.482. The second-order valence-electron chi connectivity index (χ2n) is 1.63. The zero-order chi connectivity index (χ0) is 5.86. The zero-order valence-electron chi connectivity index (χ0n) is 4.60. The highest BCUT2D eigenvalue weighted by Crippen LogP contribution is 1.95. The Bertz CT molecular complexity index is 68.5. The molecule has 1 atom stereocenters. The molecule has 42 valence electrons. The molecule has 7 heavy (non-hydrogen) atoms. The lowest BCUT2D eigenvalue weighted by molar-refractivity contribution is -0.311. The molecule has 0 spiro atoms. The predicted octanol–water partition coefficient (Wildman–Crippen LogP) is -0.218. The van der Waals surface area contributed by atoms with Gasteiger partial charge in [0.1, 0.15) is 0 Å². The molecule has 0 rings (SSSR count). The summed E-state index contributed by atoms with van der Waals surface area (Å²) in [5, 5.41) is 9.82. The van der Waals surface area contributed by atoms with E-state index in [-0.39, 0.29) is 5.92 Å². The molecule has 0 unspecified atom stereocenters. The minimum atomic E-state index is -0.956. The molecule has 0 aliphatic rings. The molecule has 0 aromatic rings. The van der Waals surface area contributed by atoms with Crippen molar-refractivity contribution in [2.24, 2.45) is 5.92 Å². The van der Waals surface area contributed by atoms with E-state index in [0.29, 0.717) is 6.42 Å². The molecule has 0 aromatic carbocycles. The van der Waals surface area contributed by atoms with E-state index in [1.54, 1.807) is 6.92 Å². The maximum atomic E-state index is 9.82. The fraction of sp³-hybridized carbons (Fsp3) is 0.800. The Labute approximate surface area is 43.2 Å². The fourth-order valence-electron chi connectivity index (χ4n) is 0.167. The Hall–Kier alpha value is -0.530. The van der Waals surface area contributed by atoms with Crippen molar-refractivity contribution in [1.82, 2.24) is 0 Å². The van der Waals surface area contributed by atoms with Crippen molar-refractivity contribution in [3.63, 3.8) is 0 Å². The van der Waals surface area contributed by atoms with Crippen LogP contribution in [0.3, 0.4) is 0 Å². The van der Waals surface area contributed by atoms with Gasteiger partial charge in [-0.05, 0) is 12.3 Å². The van der Waals surface area contributed by atoms with Crippen molar-refractivity contribution in [2.45, 2.75) is 20.3 Å². The van der Waals surface area contributed by atoms with E-state index in [1.165, 1.54) is 0 Å². The van der Waals surface area contributed by atoms with Crippen LogP contribution in [0.5, 0.6) is 0 Å². The molecule has 0 radical (unpaired) electrons. The fourth-order valence-corrected chi connectivity index (χ4v) is 0.167. The molecule has 0 heterocycles. The molecular weight excluding hydrogens is 92.1 g/mol. The van der Waals surface area contributed by atoms with Crippen LogP contribution in [0, 0.1) is 5.92 Å². The summed E-state index contributed by atoms with van der Waals surface area (Å²) in [7, 11) is 0. The molecule has 0 saturated heterocycles. The molecule has 0 aliphatic carbocycles. The van der Waals surface area contributed by atoms with Gasteiger partial charge in [-0.3, -0.25) is 0 Å². The van der Waals surface area contributed by atoms with Gasteiger partial charge in [0.25, 0.3) is 0 Å². The largest absolute Gasteiger partial charge is 0.550 e. The van der Waals surface area contributed by atoms with Crippen molar-refractivity contribution >= 4 is 5.97 Å². The normalized spacial score (nSPS) is 13.4. The Balaban J connectivity index is 3.34. The number of carbonyl (C=O) groups excluding carboxylic acids is 1. The third-order valence-electron chi connectivity index (χ3n) is 1.01. The Kier molecular flexibility index (Phi) is 2.41. The summed E-state index contributed by atoms with van der Waals surface area (Å²) in [6.07, 6.45) is 0.655. The van der Waals surface area contributed by atoms with Crippen LogP contribution in [0.2, 0.25) is 0 Å². The summed E-state index contributed by atoms with van der Waals surface area (Å²) >= 11 is 0. The van der Waals surface area contributed by atoms with Crippen molar-refractivity contribution in [1.29, 1.82) is 0 Å². The Morgan fingerprint density at radius 3 is 2.29 bits per heavy atom. The molecule has 0 N–H and O–H groups in total. The molecule has 2 heteroatoms. The van der Waals surface area contributed by atoms with Gasteiger partial charge in [-0.25, -0.2) is 0 Å². The summed E-state index contributed by atoms with van der Waals surface area (Å²) in [4.78, 5) is 9.82. The van der Waals surface area contributed by atoms with E-state index in [0.717, 1.165) is 0 Å². The monoisotopic (exact) mass is 101 g/mol. The van der Waals surface area contributed by atoms with Gasteiger partial charge in [-0.1, -0.05) is 13.8 Å². The summed E-state index contributed by atoms with van der Waals surface area (Å²) in [6, 6.07) is 0. The number of carboxylic acid groups (broad SMARTS) is 1. The van der Waals surface area contributed by atoms with Crippen LogP contribution < -0.4 is 5.11 Å². The lowest BCUT2D eigenvalue weighted by Gasteiger charge is -2.06. The second kappa shape index (κ2) is 2.61. The van der Waals surface area contributed by atoms with Crippen LogP contribution in [0.1, 0.15) is 20.3 Å². The summed E-state index contributed by atoms with van der Waals surface area (Å²) in [5.41, 5.74) is 0. The molecule has 2 nitrogen and oxygen atoms in total. The van der Waals surface area contributed by atoms with Gasteiger partial charge in [-0.15, -0.1) is 0 Å². The highest BCUT2D eigenvalue weighted by molar-refractivity contribution is 5.66. The first-order valence-corrected chi connectivity index (χ1v) is 2.39. The smallest absolute Gasteiger partial charge is 0.0442 e. The highest BCUT2D eigenvalue weighted by Gasteiger charge is 1.94. The molecule has 0 fully saturated rings. The lowest BCUT2D eigenvalue weighted by atomic mass is 10.1. The van der Waals surface area contributed by atoms with E-state index < -0.39 is 5.97 Å². The van der Waals surface area contributed by atoms with E-state index in [2.05, 4.69) is 0 Å².